The summed E-state index contributed by atoms with van der Waals surface area (Å²) in [5.74, 6) is 0.478. The second kappa shape index (κ2) is 5.71. The molecule has 1 aliphatic rings. The van der Waals surface area contributed by atoms with Crippen LogP contribution in [0.15, 0.2) is 24.3 Å². The molecule has 0 fully saturated rings. The number of fused-ring (bicyclic) bond motifs is 1. The molecule has 1 amide bonds. The third-order valence-electron chi connectivity index (χ3n) is 3.88. The number of rotatable bonds is 4. The fraction of sp³-hybridized carbons (Fsp3) is 0.400. The van der Waals surface area contributed by atoms with Crippen LogP contribution in [0.5, 0.6) is 0 Å². The quantitative estimate of drug-likeness (QED) is 0.940. The summed E-state index contributed by atoms with van der Waals surface area (Å²) in [5, 5.41) is 6.92. The van der Waals surface area contributed by atoms with E-state index in [0.29, 0.717) is 18.9 Å². The number of benzene rings is 1. The summed E-state index contributed by atoms with van der Waals surface area (Å²) in [5.41, 5.74) is 3.65. The maximum Gasteiger partial charge on any atom is 0.220 e. The lowest BCUT2D eigenvalue weighted by molar-refractivity contribution is -0.121. The van der Waals surface area contributed by atoms with Crippen molar-refractivity contribution in [2.75, 3.05) is 0 Å². The van der Waals surface area contributed by atoms with Crippen LogP contribution in [0.2, 0.25) is 0 Å². The van der Waals surface area contributed by atoms with Gasteiger partial charge in [0.1, 0.15) is 0 Å². The minimum atomic E-state index is 0.111. The molecule has 0 saturated carbocycles. The Labute approximate surface area is 122 Å². The molecule has 5 heteroatoms. The fourth-order valence-corrected chi connectivity index (χ4v) is 3.32. The molecule has 2 aromatic rings. The van der Waals surface area contributed by atoms with Gasteiger partial charge in [0, 0.05) is 6.42 Å². The first-order chi connectivity index (χ1) is 9.74. The van der Waals surface area contributed by atoms with Crippen molar-refractivity contribution in [3.05, 3.63) is 46.0 Å². The van der Waals surface area contributed by atoms with Gasteiger partial charge in [0.15, 0.2) is 0 Å². The van der Waals surface area contributed by atoms with Crippen molar-refractivity contribution < 1.29 is 4.79 Å². The first kappa shape index (κ1) is 13.2. The minimum Gasteiger partial charge on any atom is -0.351 e. The molecule has 0 aliphatic heterocycles. The summed E-state index contributed by atoms with van der Waals surface area (Å²) in [4.78, 5) is 13.1. The van der Waals surface area contributed by atoms with Gasteiger partial charge in [-0.15, -0.1) is 5.10 Å². The van der Waals surface area contributed by atoms with Crippen LogP contribution in [-0.4, -0.2) is 15.5 Å². The fourth-order valence-electron chi connectivity index (χ4n) is 2.75. The highest BCUT2D eigenvalue weighted by atomic mass is 32.1. The van der Waals surface area contributed by atoms with Crippen LogP contribution in [0.1, 0.15) is 40.5 Å². The SMILES string of the molecule is Cc1nnsc1CNC(=O)CC1CCc2ccccc21. The van der Waals surface area contributed by atoms with Crippen molar-refractivity contribution in [2.45, 2.75) is 38.6 Å². The summed E-state index contributed by atoms with van der Waals surface area (Å²) in [6.07, 6.45) is 2.74. The molecular weight excluding hydrogens is 270 g/mol. The number of nitrogens with one attached hydrogen (secondary N) is 1. The van der Waals surface area contributed by atoms with Crippen LogP contribution in [0, 0.1) is 6.92 Å². The number of carbonyl (C=O) groups excluding carboxylic acids is 1. The topological polar surface area (TPSA) is 54.9 Å². The Balaban J connectivity index is 1.57. The van der Waals surface area contributed by atoms with E-state index in [4.69, 9.17) is 0 Å². The van der Waals surface area contributed by atoms with Gasteiger partial charge in [0.05, 0.1) is 17.1 Å². The molecule has 0 radical (unpaired) electrons. The number of amides is 1. The Bertz CT molecular complexity index is 623. The van der Waals surface area contributed by atoms with E-state index in [0.717, 1.165) is 23.4 Å². The molecular formula is C15H17N3OS. The summed E-state index contributed by atoms with van der Waals surface area (Å²) >= 11 is 1.35. The van der Waals surface area contributed by atoms with E-state index >= 15 is 0 Å². The molecule has 1 aromatic heterocycles. The lowest BCUT2D eigenvalue weighted by atomic mass is 9.97. The number of hydrogen-bond donors (Lipinski definition) is 1. The largest absolute Gasteiger partial charge is 0.351 e. The highest BCUT2D eigenvalue weighted by molar-refractivity contribution is 7.05. The first-order valence-electron chi connectivity index (χ1n) is 6.86. The van der Waals surface area contributed by atoms with Crippen LogP contribution in [0.3, 0.4) is 0 Å². The van der Waals surface area contributed by atoms with Gasteiger partial charge in [-0.05, 0) is 48.3 Å². The zero-order valence-electron chi connectivity index (χ0n) is 11.4. The van der Waals surface area contributed by atoms with Crippen LogP contribution < -0.4 is 5.32 Å². The number of aromatic nitrogens is 2. The van der Waals surface area contributed by atoms with Gasteiger partial charge in [-0.2, -0.15) is 0 Å². The minimum absolute atomic E-state index is 0.111. The monoisotopic (exact) mass is 287 g/mol. The number of aryl methyl sites for hydroxylation is 2. The highest BCUT2D eigenvalue weighted by Gasteiger charge is 2.24. The van der Waals surface area contributed by atoms with E-state index in [2.05, 4.69) is 39.2 Å². The molecule has 3 rings (SSSR count). The van der Waals surface area contributed by atoms with E-state index in [1.807, 2.05) is 6.92 Å². The molecule has 104 valence electrons. The van der Waals surface area contributed by atoms with E-state index in [1.54, 1.807) is 0 Å². The van der Waals surface area contributed by atoms with E-state index in [9.17, 15) is 4.79 Å². The molecule has 0 saturated heterocycles. The molecule has 1 N–H and O–H groups in total. The van der Waals surface area contributed by atoms with Gasteiger partial charge in [0.2, 0.25) is 5.91 Å². The molecule has 1 unspecified atom stereocenters. The normalized spacial score (nSPS) is 16.9. The molecule has 1 atom stereocenters. The predicted molar refractivity (Wildman–Crippen MR) is 78.6 cm³/mol. The van der Waals surface area contributed by atoms with Gasteiger partial charge in [-0.1, -0.05) is 28.8 Å². The van der Waals surface area contributed by atoms with Gasteiger partial charge < -0.3 is 5.32 Å². The second-order valence-electron chi connectivity index (χ2n) is 5.20. The molecule has 1 aliphatic carbocycles. The molecule has 0 spiro atoms. The Morgan fingerprint density at radius 2 is 2.30 bits per heavy atom. The summed E-state index contributed by atoms with van der Waals surface area (Å²) in [6.45, 7) is 2.45. The van der Waals surface area contributed by atoms with Crippen molar-refractivity contribution in [1.29, 1.82) is 0 Å². The van der Waals surface area contributed by atoms with Crippen LogP contribution in [-0.2, 0) is 17.8 Å². The van der Waals surface area contributed by atoms with Crippen molar-refractivity contribution >= 4 is 17.4 Å². The lowest BCUT2D eigenvalue weighted by Crippen LogP contribution is -2.24. The van der Waals surface area contributed by atoms with Crippen LogP contribution in [0.4, 0.5) is 0 Å². The van der Waals surface area contributed by atoms with Crippen molar-refractivity contribution in [3.8, 4) is 0 Å². The predicted octanol–water partition coefficient (Wildman–Crippen LogP) is 2.58. The Kier molecular flexibility index (Phi) is 3.78. The van der Waals surface area contributed by atoms with E-state index in [-0.39, 0.29) is 5.91 Å². The van der Waals surface area contributed by atoms with Gasteiger partial charge in [-0.3, -0.25) is 4.79 Å². The highest BCUT2D eigenvalue weighted by Crippen LogP contribution is 2.35. The third-order valence-corrected chi connectivity index (χ3v) is 4.70. The van der Waals surface area contributed by atoms with Gasteiger partial charge in [0.25, 0.3) is 0 Å². The second-order valence-corrected chi connectivity index (χ2v) is 6.04. The summed E-state index contributed by atoms with van der Waals surface area (Å²) < 4.78 is 3.87. The van der Waals surface area contributed by atoms with E-state index in [1.165, 1.54) is 22.7 Å². The summed E-state index contributed by atoms with van der Waals surface area (Å²) in [6, 6.07) is 8.44. The Morgan fingerprint density at radius 1 is 1.45 bits per heavy atom. The van der Waals surface area contributed by atoms with Crippen molar-refractivity contribution in [3.63, 3.8) is 0 Å². The van der Waals surface area contributed by atoms with E-state index < -0.39 is 0 Å². The zero-order valence-corrected chi connectivity index (χ0v) is 12.2. The average Bonchev–Trinajstić information content (AvgIpc) is 3.04. The number of nitrogens with zero attached hydrogens (tertiary/aromatic N) is 2. The smallest absolute Gasteiger partial charge is 0.220 e. The Morgan fingerprint density at radius 3 is 3.10 bits per heavy atom. The maximum absolute atomic E-state index is 12.1. The molecule has 20 heavy (non-hydrogen) atoms. The number of hydrogen-bond acceptors (Lipinski definition) is 4. The standard InChI is InChI=1S/C15H17N3OS/c1-10-14(20-18-17-10)9-16-15(19)8-12-7-6-11-4-2-3-5-13(11)12/h2-5,12H,6-9H2,1H3,(H,16,19). The Hall–Kier alpha value is -1.75. The lowest BCUT2D eigenvalue weighted by Gasteiger charge is -2.11. The van der Waals surface area contributed by atoms with Gasteiger partial charge >= 0.3 is 0 Å². The molecule has 4 nitrogen and oxygen atoms in total. The van der Waals surface area contributed by atoms with Crippen LogP contribution in [0.25, 0.3) is 0 Å². The summed E-state index contributed by atoms with van der Waals surface area (Å²) in [7, 11) is 0. The van der Waals surface area contributed by atoms with Crippen molar-refractivity contribution in [2.24, 2.45) is 0 Å². The molecule has 1 aromatic carbocycles. The maximum atomic E-state index is 12.1. The number of carbonyl (C=O) groups is 1. The molecule has 1 heterocycles. The average molecular weight is 287 g/mol. The van der Waals surface area contributed by atoms with Gasteiger partial charge in [-0.25, -0.2) is 0 Å². The first-order valence-corrected chi connectivity index (χ1v) is 7.63. The zero-order chi connectivity index (χ0) is 13.9. The van der Waals surface area contributed by atoms with Crippen molar-refractivity contribution in [1.82, 2.24) is 14.9 Å². The third kappa shape index (κ3) is 2.72. The molecule has 0 bridgehead atoms. The van der Waals surface area contributed by atoms with Crippen LogP contribution >= 0.6 is 11.5 Å².